The molecule has 2 N–H and O–H groups in total. The SMILES string of the molecule is CCOc1cc(C(=O)Nc2ccc(NC(=O)c3ccccc3)c(C)c2)cc(OCC)c1OCC. The highest BCUT2D eigenvalue weighted by Crippen LogP contribution is 2.39. The number of rotatable bonds is 10. The summed E-state index contributed by atoms with van der Waals surface area (Å²) < 4.78 is 17.1. The quantitative estimate of drug-likeness (QED) is 0.404. The second-order valence-electron chi connectivity index (χ2n) is 7.40. The highest BCUT2D eigenvalue weighted by atomic mass is 16.5. The van der Waals surface area contributed by atoms with Crippen molar-refractivity contribution < 1.29 is 23.8 Å². The highest BCUT2D eigenvalue weighted by molar-refractivity contribution is 6.06. The van der Waals surface area contributed by atoms with Crippen LogP contribution in [0.4, 0.5) is 11.4 Å². The molecular weight excluding hydrogens is 432 g/mol. The summed E-state index contributed by atoms with van der Waals surface area (Å²) in [5, 5.41) is 5.80. The third-order valence-corrected chi connectivity index (χ3v) is 4.94. The number of anilines is 2. The second kappa shape index (κ2) is 11.7. The lowest BCUT2D eigenvalue weighted by atomic mass is 10.1. The molecular formula is C27H30N2O5. The number of carbonyl (C=O) groups excluding carboxylic acids is 2. The lowest BCUT2D eigenvalue weighted by Crippen LogP contribution is -2.15. The fraction of sp³-hybridized carbons (Fsp3) is 0.259. The van der Waals surface area contributed by atoms with Crippen molar-refractivity contribution in [3.63, 3.8) is 0 Å². The number of ether oxygens (including phenoxy) is 3. The van der Waals surface area contributed by atoms with Gasteiger partial charge in [0.05, 0.1) is 19.8 Å². The predicted octanol–water partition coefficient (Wildman–Crippen LogP) is 5.70. The molecule has 34 heavy (non-hydrogen) atoms. The molecule has 3 rings (SSSR count). The Bertz CT molecular complexity index is 1120. The van der Waals surface area contributed by atoms with Crippen LogP contribution in [0.3, 0.4) is 0 Å². The van der Waals surface area contributed by atoms with E-state index in [4.69, 9.17) is 14.2 Å². The fourth-order valence-corrected chi connectivity index (χ4v) is 3.39. The van der Waals surface area contributed by atoms with Crippen LogP contribution in [-0.4, -0.2) is 31.6 Å². The van der Waals surface area contributed by atoms with E-state index in [0.717, 1.165) is 5.56 Å². The van der Waals surface area contributed by atoms with Crippen LogP contribution in [0, 0.1) is 6.92 Å². The molecule has 0 atom stereocenters. The minimum Gasteiger partial charge on any atom is -0.490 e. The Morgan fingerprint density at radius 2 is 1.29 bits per heavy atom. The zero-order chi connectivity index (χ0) is 24.5. The van der Waals surface area contributed by atoms with Gasteiger partial charge in [-0.1, -0.05) is 18.2 Å². The fourth-order valence-electron chi connectivity index (χ4n) is 3.39. The van der Waals surface area contributed by atoms with E-state index < -0.39 is 0 Å². The Kier molecular flexibility index (Phi) is 8.51. The number of benzene rings is 3. The van der Waals surface area contributed by atoms with Gasteiger partial charge in [-0.2, -0.15) is 0 Å². The molecule has 178 valence electrons. The summed E-state index contributed by atoms with van der Waals surface area (Å²) in [6.45, 7) is 8.76. The van der Waals surface area contributed by atoms with Gasteiger partial charge in [0.2, 0.25) is 5.75 Å². The molecule has 2 amide bonds. The van der Waals surface area contributed by atoms with E-state index in [0.29, 0.717) is 59.6 Å². The predicted molar refractivity (Wildman–Crippen MR) is 133 cm³/mol. The smallest absolute Gasteiger partial charge is 0.255 e. The third-order valence-electron chi connectivity index (χ3n) is 4.94. The van der Waals surface area contributed by atoms with Gasteiger partial charge < -0.3 is 24.8 Å². The number of hydrogen-bond acceptors (Lipinski definition) is 5. The molecule has 0 aliphatic carbocycles. The number of aryl methyl sites for hydroxylation is 1. The molecule has 0 bridgehead atoms. The first-order valence-electron chi connectivity index (χ1n) is 11.3. The molecule has 7 nitrogen and oxygen atoms in total. The van der Waals surface area contributed by atoms with Gasteiger partial charge in [-0.3, -0.25) is 9.59 Å². The maximum Gasteiger partial charge on any atom is 0.255 e. The maximum atomic E-state index is 13.0. The van der Waals surface area contributed by atoms with Crippen molar-refractivity contribution >= 4 is 23.2 Å². The summed E-state index contributed by atoms with van der Waals surface area (Å²) >= 11 is 0. The minimum atomic E-state index is -0.314. The van der Waals surface area contributed by atoms with Crippen molar-refractivity contribution in [2.24, 2.45) is 0 Å². The molecule has 0 aliphatic heterocycles. The van der Waals surface area contributed by atoms with Crippen molar-refractivity contribution in [3.8, 4) is 17.2 Å². The maximum absolute atomic E-state index is 13.0. The lowest BCUT2D eigenvalue weighted by Gasteiger charge is -2.17. The number of hydrogen-bond donors (Lipinski definition) is 2. The summed E-state index contributed by atoms with van der Waals surface area (Å²) in [5.74, 6) is 0.885. The largest absolute Gasteiger partial charge is 0.490 e. The van der Waals surface area contributed by atoms with Crippen molar-refractivity contribution in [3.05, 3.63) is 77.4 Å². The molecule has 0 fully saturated rings. The standard InChI is InChI=1S/C27H30N2O5/c1-5-32-23-16-20(17-24(33-6-2)25(23)34-7-3)27(31)28-21-13-14-22(18(4)15-21)29-26(30)19-11-9-8-10-12-19/h8-17H,5-7H2,1-4H3,(H,28,31)(H,29,30). The molecule has 7 heteroatoms. The Hall–Kier alpha value is -4.00. The van der Waals surface area contributed by atoms with Crippen molar-refractivity contribution in [1.29, 1.82) is 0 Å². The number of amides is 2. The number of nitrogens with one attached hydrogen (secondary N) is 2. The van der Waals surface area contributed by atoms with E-state index >= 15 is 0 Å². The van der Waals surface area contributed by atoms with Gasteiger partial charge in [-0.25, -0.2) is 0 Å². The summed E-state index contributed by atoms with van der Waals surface area (Å²) in [6, 6.07) is 17.6. The summed E-state index contributed by atoms with van der Waals surface area (Å²) in [6.07, 6.45) is 0. The summed E-state index contributed by atoms with van der Waals surface area (Å²) in [4.78, 5) is 25.5. The van der Waals surface area contributed by atoms with Crippen LogP contribution >= 0.6 is 0 Å². The first kappa shape index (κ1) is 24.6. The lowest BCUT2D eigenvalue weighted by molar-refractivity contribution is 0.101. The van der Waals surface area contributed by atoms with E-state index in [9.17, 15) is 9.59 Å². The van der Waals surface area contributed by atoms with Crippen LogP contribution in [0.1, 0.15) is 47.1 Å². The third kappa shape index (κ3) is 6.07. The van der Waals surface area contributed by atoms with Gasteiger partial charge in [0.1, 0.15) is 0 Å². The molecule has 0 aliphatic rings. The van der Waals surface area contributed by atoms with Crippen LogP contribution in [0.5, 0.6) is 17.2 Å². The van der Waals surface area contributed by atoms with Crippen LogP contribution in [-0.2, 0) is 0 Å². The van der Waals surface area contributed by atoms with E-state index in [1.54, 1.807) is 42.5 Å². The van der Waals surface area contributed by atoms with Crippen LogP contribution < -0.4 is 24.8 Å². The molecule has 0 radical (unpaired) electrons. The molecule has 0 saturated heterocycles. The first-order chi connectivity index (χ1) is 16.5. The zero-order valence-corrected chi connectivity index (χ0v) is 19.9. The van der Waals surface area contributed by atoms with E-state index in [-0.39, 0.29) is 11.8 Å². The molecule has 0 saturated carbocycles. The molecule has 0 heterocycles. The van der Waals surface area contributed by atoms with E-state index in [2.05, 4.69) is 10.6 Å². The molecule has 0 aromatic heterocycles. The topological polar surface area (TPSA) is 85.9 Å². The molecule has 3 aromatic carbocycles. The average molecular weight is 463 g/mol. The monoisotopic (exact) mass is 462 g/mol. The molecule has 0 unspecified atom stereocenters. The van der Waals surface area contributed by atoms with Gasteiger partial charge >= 0.3 is 0 Å². The first-order valence-corrected chi connectivity index (χ1v) is 11.3. The summed E-state index contributed by atoms with van der Waals surface area (Å²) in [5.41, 5.74) is 3.05. The average Bonchev–Trinajstić information content (AvgIpc) is 2.83. The molecule has 0 spiro atoms. The van der Waals surface area contributed by atoms with Gasteiger partial charge in [-0.15, -0.1) is 0 Å². The Balaban J connectivity index is 1.79. The Morgan fingerprint density at radius 1 is 0.706 bits per heavy atom. The summed E-state index contributed by atoms with van der Waals surface area (Å²) in [7, 11) is 0. The Labute approximate surface area is 200 Å². The van der Waals surface area contributed by atoms with Crippen LogP contribution in [0.25, 0.3) is 0 Å². The van der Waals surface area contributed by atoms with Crippen LogP contribution in [0.2, 0.25) is 0 Å². The van der Waals surface area contributed by atoms with Crippen molar-refractivity contribution in [2.75, 3.05) is 30.5 Å². The van der Waals surface area contributed by atoms with E-state index in [1.165, 1.54) is 0 Å². The van der Waals surface area contributed by atoms with Gasteiger partial charge in [-0.05, 0) is 75.7 Å². The number of carbonyl (C=O) groups is 2. The van der Waals surface area contributed by atoms with E-state index in [1.807, 2.05) is 45.9 Å². The van der Waals surface area contributed by atoms with Crippen molar-refractivity contribution in [1.82, 2.24) is 0 Å². The second-order valence-corrected chi connectivity index (χ2v) is 7.40. The van der Waals surface area contributed by atoms with Crippen molar-refractivity contribution in [2.45, 2.75) is 27.7 Å². The van der Waals surface area contributed by atoms with Crippen LogP contribution in [0.15, 0.2) is 60.7 Å². The van der Waals surface area contributed by atoms with Gasteiger partial charge in [0.15, 0.2) is 11.5 Å². The van der Waals surface area contributed by atoms with Gasteiger partial charge in [0, 0.05) is 22.5 Å². The van der Waals surface area contributed by atoms with Gasteiger partial charge in [0.25, 0.3) is 11.8 Å². The molecule has 3 aromatic rings. The minimum absolute atomic E-state index is 0.193. The normalized spacial score (nSPS) is 10.4. The highest BCUT2D eigenvalue weighted by Gasteiger charge is 2.19. The zero-order valence-electron chi connectivity index (χ0n) is 19.9. The Morgan fingerprint density at radius 3 is 1.85 bits per heavy atom.